The molecule has 5 nitrogen and oxygen atoms in total. The zero-order chi connectivity index (χ0) is 14.4. The number of rotatable bonds is 5. The Kier molecular flexibility index (Phi) is 4.30. The van der Waals surface area contributed by atoms with Gasteiger partial charge < -0.3 is 4.74 Å². The van der Waals surface area contributed by atoms with Crippen LogP contribution in [0.1, 0.15) is 0 Å². The molecule has 0 aliphatic heterocycles. The summed E-state index contributed by atoms with van der Waals surface area (Å²) >= 11 is 0. The van der Waals surface area contributed by atoms with Gasteiger partial charge in [-0.25, -0.2) is 13.2 Å². The van der Waals surface area contributed by atoms with Crippen molar-refractivity contribution >= 4 is 21.6 Å². The minimum atomic E-state index is -3.71. The quantitative estimate of drug-likeness (QED) is 0.626. The van der Waals surface area contributed by atoms with Crippen molar-refractivity contribution in [3.05, 3.63) is 54.6 Å². The molecule has 20 heavy (non-hydrogen) atoms. The van der Waals surface area contributed by atoms with Crippen molar-refractivity contribution in [2.75, 3.05) is 5.94 Å². The number of carbonyl (C=O) groups excluding carboxylic acids is 1. The van der Waals surface area contributed by atoms with Crippen molar-refractivity contribution in [1.82, 2.24) is 0 Å². The maximum atomic E-state index is 12.2. The van der Waals surface area contributed by atoms with E-state index in [1.807, 2.05) is 0 Å². The van der Waals surface area contributed by atoms with E-state index in [4.69, 9.17) is 4.74 Å². The topological polar surface area (TPSA) is 72.8 Å². The summed E-state index contributed by atoms with van der Waals surface area (Å²) in [6.07, 6.45) is 1.34. The van der Waals surface area contributed by atoms with Gasteiger partial charge in [0.1, 0.15) is 5.75 Å². The van der Waals surface area contributed by atoms with Crippen molar-refractivity contribution < 1.29 is 17.9 Å². The molecule has 102 valence electrons. The molecule has 6 heteroatoms. The first-order valence-electron chi connectivity index (χ1n) is 5.71. The Morgan fingerprint density at radius 2 is 1.65 bits per heavy atom. The third kappa shape index (κ3) is 3.32. The molecule has 0 aliphatic carbocycles. The van der Waals surface area contributed by atoms with Gasteiger partial charge >= 0.3 is 0 Å². The van der Waals surface area contributed by atoms with Crippen LogP contribution in [0.3, 0.4) is 0 Å². The van der Waals surface area contributed by atoms with Gasteiger partial charge in [0.2, 0.25) is 15.9 Å². The summed E-state index contributed by atoms with van der Waals surface area (Å²) in [5.41, 5.74) is 0.0548. The second kappa shape index (κ2) is 6.14. The fourth-order valence-corrected chi connectivity index (χ4v) is 2.72. The third-order valence-electron chi connectivity index (χ3n) is 2.49. The summed E-state index contributed by atoms with van der Waals surface area (Å²) in [7, 11) is -3.71. The molecular formula is C14H11NO4S. The summed E-state index contributed by atoms with van der Waals surface area (Å²) in [4.78, 5) is 13.6. The van der Waals surface area contributed by atoms with Crippen molar-refractivity contribution in [2.24, 2.45) is 4.99 Å². The molecule has 0 heterocycles. The van der Waals surface area contributed by atoms with Gasteiger partial charge in [-0.1, -0.05) is 30.3 Å². The molecule has 0 aromatic heterocycles. The first-order chi connectivity index (χ1) is 9.63. The zero-order valence-corrected chi connectivity index (χ0v) is 11.2. The monoisotopic (exact) mass is 289 g/mol. The number of ether oxygens (including phenoxy) is 1. The first kappa shape index (κ1) is 14.0. The van der Waals surface area contributed by atoms with E-state index < -0.39 is 15.8 Å². The Labute approximate surface area is 116 Å². The van der Waals surface area contributed by atoms with E-state index in [0.29, 0.717) is 5.75 Å². The second-order valence-corrected chi connectivity index (χ2v) is 5.77. The van der Waals surface area contributed by atoms with Crippen LogP contribution < -0.4 is 4.74 Å². The predicted octanol–water partition coefficient (Wildman–Crippen LogP) is 2.46. The minimum Gasteiger partial charge on any atom is -0.477 e. The van der Waals surface area contributed by atoms with E-state index in [1.54, 1.807) is 42.5 Å². The highest BCUT2D eigenvalue weighted by Gasteiger charge is 2.19. The third-order valence-corrected chi connectivity index (χ3v) is 3.93. The van der Waals surface area contributed by atoms with Gasteiger partial charge in [0, 0.05) is 0 Å². The van der Waals surface area contributed by atoms with E-state index in [0.717, 1.165) is 0 Å². The zero-order valence-electron chi connectivity index (χ0n) is 10.4. The van der Waals surface area contributed by atoms with Crippen LogP contribution >= 0.6 is 0 Å². The summed E-state index contributed by atoms with van der Waals surface area (Å²) in [5.74, 6) is -0.0741. The molecule has 0 amide bonds. The van der Waals surface area contributed by atoms with Crippen LogP contribution in [-0.4, -0.2) is 20.4 Å². The number of hydrogen-bond donors (Lipinski definition) is 0. The lowest BCUT2D eigenvalue weighted by atomic mass is 10.3. The number of aliphatic imine (C=N–C) groups is 1. The molecule has 0 radical (unpaired) electrons. The minimum absolute atomic E-state index is 0.0548. The van der Waals surface area contributed by atoms with Gasteiger partial charge in [0.15, 0.2) is 5.94 Å². The standard InChI is InChI=1S/C14H11NO4S/c16-10-15-13-8-4-5-9-14(13)20(17,18)11-19-12-6-2-1-3-7-12/h1-9H,11H2. The Bertz CT molecular complexity index is 735. The molecule has 2 aromatic rings. The largest absolute Gasteiger partial charge is 0.477 e. The molecule has 0 atom stereocenters. The molecule has 2 rings (SSSR count). The average molecular weight is 289 g/mol. The molecule has 0 unspecified atom stereocenters. The number of isocyanates is 1. The predicted molar refractivity (Wildman–Crippen MR) is 73.3 cm³/mol. The number of benzene rings is 2. The molecule has 0 saturated carbocycles. The van der Waals surface area contributed by atoms with Gasteiger partial charge in [-0.05, 0) is 24.3 Å². The van der Waals surface area contributed by atoms with E-state index >= 15 is 0 Å². The van der Waals surface area contributed by atoms with E-state index in [9.17, 15) is 13.2 Å². The Hall–Kier alpha value is -2.43. The lowest BCUT2D eigenvalue weighted by Crippen LogP contribution is -2.12. The molecule has 0 spiro atoms. The normalized spacial score (nSPS) is 10.6. The average Bonchev–Trinajstić information content (AvgIpc) is 2.47. The van der Waals surface area contributed by atoms with Crippen molar-refractivity contribution in [2.45, 2.75) is 4.90 Å². The fraction of sp³-hybridized carbons (Fsp3) is 0.0714. The van der Waals surface area contributed by atoms with Crippen LogP contribution in [0.25, 0.3) is 0 Å². The lowest BCUT2D eigenvalue weighted by molar-refractivity contribution is 0.376. The molecule has 0 fully saturated rings. The number of hydrogen-bond acceptors (Lipinski definition) is 5. The first-order valence-corrected chi connectivity index (χ1v) is 7.36. The summed E-state index contributed by atoms with van der Waals surface area (Å²) in [5, 5.41) is 0. The van der Waals surface area contributed by atoms with Gasteiger partial charge in [0.05, 0.1) is 10.6 Å². The molecule has 0 aliphatic rings. The lowest BCUT2D eigenvalue weighted by Gasteiger charge is -2.08. The van der Waals surface area contributed by atoms with Crippen molar-refractivity contribution in [3.63, 3.8) is 0 Å². The number of sulfone groups is 1. The van der Waals surface area contributed by atoms with Crippen LogP contribution in [-0.2, 0) is 14.6 Å². The SMILES string of the molecule is O=C=Nc1ccccc1S(=O)(=O)COc1ccccc1. The van der Waals surface area contributed by atoms with Crippen molar-refractivity contribution in [1.29, 1.82) is 0 Å². The molecule has 0 N–H and O–H groups in total. The van der Waals surface area contributed by atoms with E-state index in [-0.39, 0.29) is 10.6 Å². The number of nitrogens with zero attached hydrogens (tertiary/aromatic N) is 1. The molecule has 0 saturated heterocycles. The maximum absolute atomic E-state index is 12.2. The summed E-state index contributed by atoms with van der Waals surface area (Å²) < 4.78 is 29.6. The second-order valence-electron chi connectivity index (χ2n) is 3.86. The van der Waals surface area contributed by atoms with E-state index in [1.165, 1.54) is 18.2 Å². The van der Waals surface area contributed by atoms with Gasteiger partial charge in [0.25, 0.3) is 0 Å². The van der Waals surface area contributed by atoms with Crippen molar-refractivity contribution in [3.8, 4) is 5.75 Å². The molecule has 2 aromatic carbocycles. The molecule has 0 bridgehead atoms. The van der Waals surface area contributed by atoms with Crippen LogP contribution in [0.4, 0.5) is 5.69 Å². The van der Waals surface area contributed by atoms with Crippen LogP contribution in [0.2, 0.25) is 0 Å². The highest BCUT2D eigenvalue weighted by Crippen LogP contribution is 2.24. The number of para-hydroxylation sites is 2. The highest BCUT2D eigenvalue weighted by atomic mass is 32.2. The van der Waals surface area contributed by atoms with Crippen LogP contribution in [0.15, 0.2) is 64.5 Å². The molecular weight excluding hydrogens is 278 g/mol. The van der Waals surface area contributed by atoms with E-state index in [2.05, 4.69) is 4.99 Å². The maximum Gasteiger partial charge on any atom is 0.240 e. The Morgan fingerprint density at radius 1 is 1.00 bits per heavy atom. The van der Waals surface area contributed by atoms with Gasteiger partial charge in [-0.2, -0.15) is 4.99 Å². The summed E-state index contributed by atoms with van der Waals surface area (Å²) in [6, 6.07) is 14.6. The fourth-order valence-electron chi connectivity index (χ4n) is 1.59. The summed E-state index contributed by atoms with van der Waals surface area (Å²) in [6.45, 7) is 0. The Balaban J connectivity index is 2.25. The van der Waals surface area contributed by atoms with Crippen LogP contribution in [0.5, 0.6) is 5.75 Å². The smallest absolute Gasteiger partial charge is 0.240 e. The van der Waals surface area contributed by atoms with Crippen LogP contribution in [0, 0.1) is 0 Å². The Morgan fingerprint density at radius 3 is 2.35 bits per heavy atom. The highest BCUT2D eigenvalue weighted by molar-refractivity contribution is 7.91. The van der Waals surface area contributed by atoms with Gasteiger partial charge in [-0.15, -0.1) is 0 Å². The van der Waals surface area contributed by atoms with Gasteiger partial charge in [-0.3, -0.25) is 0 Å².